The average Bonchev–Trinajstić information content (AvgIpc) is 3.44. The number of hydrogen-bond acceptors (Lipinski definition) is 8. The van der Waals surface area contributed by atoms with Crippen LogP contribution in [0.2, 0.25) is 0 Å². The maximum absolute atomic E-state index is 14.0. The lowest BCUT2D eigenvalue weighted by atomic mass is 9.83. The van der Waals surface area contributed by atoms with Crippen molar-refractivity contribution in [3.8, 4) is 11.5 Å². The van der Waals surface area contributed by atoms with Crippen LogP contribution >= 0.6 is 23.1 Å². The number of ether oxygens (including phenoxy) is 1. The Hall–Kier alpha value is -4.56. The number of thiazole rings is 1. The Kier molecular flexibility index (Phi) is 7.49. The van der Waals surface area contributed by atoms with Gasteiger partial charge in [-0.05, 0) is 54.1 Å². The predicted molar refractivity (Wildman–Crippen MR) is 157 cm³/mol. The molecule has 3 amide bonds. The largest absolute Gasteiger partial charge is 0.508 e. The van der Waals surface area contributed by atoms with Crippen molar-refractivity contribution in [1.82, 2.24) is 4.57 Å². The molecule has 6 rings (SSSR count). The van der Waals surface area contributed by atoms with Crippen molar-refractivity contribution in [1.29, 1.82) is 0 Å². The van der Waals surface area contributed by atoms with Crippen molar-refractivity contribution >= 4 is 52.2 Å². The van der Waals surface area contributed by atoms with Crippen molar-refractivity contribution in [2.45, 2.75) is 28.9 Å². The molecule has 0 radical (unpaired) electrons. The van der Waals surface area contributed by atoms with Gasteiger partial charge in [0, 0.05) is 16.5 Å². The van der Waals surface area contributed by atoms with E-state index in [1.807, 2.05) is 0 Å². The zero-order valence-electron chi connectivity index (χ0n) is 22.7. The molecule has 14 heteroatoms. The van der Waals surface area contributed by atoms with E-state index in [-0.39, 0.29) is 10.8 Å². The van der Waals surface area contributed by atoms with Gasteiger partial charge >= 0.3 is 11.0 Å². The molecule has 1 aromatic heterocycles. The molecule has 4 aromatic rings. The fourth-order valence-electron chi connectivity index (χ4n) is 5.46. The number of aromatic nitrogens is 1. The molecule has 226 valence electrons. The van der Waals surface area contributed by atoms with E-state index in [0.29, 0.717) is 26.8 Å². The van der Waals surface area contributed by atoms with Gasteiger partial charge in [-0.1, -0.05) is 47.4 Å². The number of methoxy groups -OCH3 is 1. The van der Waals surface area contributed by atoms with Gasteiger partial charge in [0.05, 0.1) is 29.3 Å². The minimum atomic E-state index is -4.82. The Morgan fingerprint density at radius 3 is 2.32 bits per heavy atom. The van der Waals surface area contributed by atoms with E-state index < -0.39 is 63.7 Å². The van der Waals surface area contributed by atoms with Crippen LogP contribution in [-0.2, 0) is 27.1 Å². The fourth-order valence-corrected chi connectivity index (χ4v) is 8.23. The van der Waals surface area contributed by atoms with Gasteiger partial charge in [-0.2, -0.15) is 13.2 Å². The Morgan fingerprint density at radius 2 is 1.66 bits per heavy atom. The lowest BCUT2D eigenvalue weighted by Crippen LogP contribution is -2.33. The van der Waals surface area contributed by atoms with Gasteiger partial charge in [-0.15, -0.1) is 0 Å². The zero-order chi connectivity index (χ0) is 31.3. The minimum Gasteiger partial charge on any atom is -0.508 e. The Labute approximate surface area is 255 Å². The highest BCUT2D eigenvalue weighted by atomic mass is 32.2. The molecular weight excluding hydrogens is 619 g/mol. The lowest BCUT2D eigenvalue weighted by molar-refractivity contribution is -0.137. The van der Waals surface area contributed by atoms with Crippen molar-refractivity contribution in [3.63, 3.8) is 0 Å². The third-order valence-electron chi connectivity index (χ3n) is 7.43. The Bertz CT molecular complexity index is 1840. The molecule has 0 aliphatic carbocycles. The summed E-state index contributed by atoms with van der Waals surface area (Å²) in [6.07, 6.45) is -4.82. The summed E-state index contributed by atoms with van der Waals surface area (Å²) >= 11 is 1.71. The molecule has 2 N–H and O–H groups in total. The molecule has 1 saturated heterocycles. The van der Waals surface area contributed by atoms with Crippen molar-refractivity contribution < 1.29 is 37.4 Å². The van der Waals surface area contributed by atoms with Crippen LogP contribution in [0.25, 0.3) is 0 Å². The summed E-state index contributed by atoms with van der Waals surface area (Å²) in [5.74, 6) is -3.67. The van der Waals surface area contributed by atoms with Crippen LogP contribution in [0.4, 0.5) is 24.5 Å². The summed E-state index contributed by atoms with van der Waals surface area (Å²) in [6, 6.07) is 16.8. The van der Waals surface area contributed by atoms with Gasteiger partial charge in [0.2, 0.25) is 17.7 Å². The summed E-state index contributed by atoms with van der Waals surface area (Å²) in [6.45, 7) is -0.423. The van der Waals surface area contributed by atoms with E-state index >= 15 is 0 Å². The normalized spacial score (nSPS) is 19.5. The fraction of sp³-hybridized carbons (Fsp3) is 0.200. The highest BCUT2D eigenvalue weighted by Crippen LogP contribution is 2.54. The Balaban J connectivity index is 1.43. The molecule has 1 fully saturated rings. The van der Waals surface area contributed by atoms with E-state index in [1.54, 1.807) is 24.3 Å². The van der Waals surface area contributed by atoms with Crippen LogP contribution in [0.1, 0.15) is 21.9 Å². The monoisotopic (exact) mass is 641 g/mol. The van der Waals surface area contributed by atoms with Crippen LogP contribution in [0.5, 0.6) is 11.5 Å². The molecule has 3 atom stereocenters. The first-order valence-electron chi connectivity index (χ1n) is 13.1. The number of benzene rings is 3. The van der Waals surface area contributed by atoms with Gasteiger partial charge in [0.1, 0.15) is 23.3 Å². The number of hydrogen-bond donors (Lipinski definition) is 2. The SMILES string of the molecule is COc1ccc([C@@H]2c3sc(=O)n(CC(=O)Nc4ccc(O)cc4)c3S[C@H]3C(=O)N(c4ccccc4C(F)(F)F)C(=O)[C@@H]23)cc1. The second-order valence-corrected chi connectivity index (χ2v) is 12.2. The smallest absolute Gasteiger partial charge is 0.418 e. The number of aromatic hydroxyl groups is 1. The first-order valence-corrected chi connectivity index (χ1v) is 14.8. The topological polar surface area (TPSA) is 118 Å². The first kappa shape index (κ1) is 29.5. The molecule has 3 aromatic carbocycles. The van der Waals surface area contributed by atoms with Crippen LogP contribution in [0.3, 0.4) is 0 Å². The second kappa shape index (κ2) is 11.2. The zero-order valence-corrected chi connectivity index (χ0v) is 24.3. The van der Waals surface area contributed by atoms with Crippen LogP contribution in [0.15, 0.2) is 82.6 Å². The van der Waals surface area contributed by atoms with Crippen molar-refractivity contribution in [2.75, 3.05) is 17.3 Å². The molecule has 2 aliphatic heterocycles. The molecule has 0 saturated carbocycles. The van der Waals surface area contributed by atoms with Crippen LogP contribution in [-0.4, -0.2) is 39.8 Å². The number of para-hydroxylation sites is 1. The summed E-state index contributed by atoms with van der Waals surface area (Å²) < 4.78 is 48.3. The summed E-state index contributed by atoms with van der Waals surface area (Å²) in [4.78, 5) is 54.6. The highest BCUT2D eigenvalue weighted by Gasteiger charge is 2.57. The number of rotatable bonds is 6. The quantitative estimate of drug-likeness (QED) is 0.223. The van der Waals surface area contributed by atoms with E-state index in [4.69, 9.17) is 4.74 Å². The number of imide groups is 1. The maximum atomic E-state index is 14.0. The van der Waals surface area contributed by atoms with Crippen molar-refractivity contribution in [2.24, 2.45) is 5.92 Å². The average molecular weight is 642 g/mol. The summed E-state index contributed by atoms with van der Waals surface area (Å²) in [7, 11) is 1.48. The third kappa shape index (κ3) is 5.13. The number of halogens is 3. The number of alkyl halides is 3. The van der Waals surface area contributed by atoms with Crippen LogP contribution in [0, 0.1) is 5.92 Å². The van der Waals surface area contributed by atoms with E-state index in [1.165, 1.54) is 48.1 Å². The number of phenols is 1. The summed E-state index contributed by atoms with van der Waals surface area (Å²) in [5.41, 5.74) is -0.753. The molecule has 44 heavy (non-hydrogen) atoms. The number of nitrogens with one attached hydrogen (secondary N) is 1. The standard InChI is InChI=1S/C30H22F3N3O6S2/c1-42-18-12-6-15(7-13-18)22-23-24(27(40)36(26(23)39)20-5-3-2-4-19(20)30(31,32)33)43-28-25(22)44-29(41)35(28)14-21(38)34-16-8-10-17(37)11-9-16/h2-13,22-24,37H,14H2,1H3,(H,34,38)/t22-,23-,24+/m0/s1. The molecule has 9 nitrogen and oxygen atoms in total. The molecule has 2 aliphatic rings. The number of amides is 3. The number of phenolic OH excluding ortho intramolecular Hbond substituents is 1. The van der Waals surface area contributed by atoms with Crippen molar-refractivity contribution in [3.05, 3.63) is 98.5 Å². The summed E-state index contributed by atoms with van der Waals surface area (Å²) in [5, 5.41) is 11.3. The first-order chi connectivity index (χ1) is 21.0. The van der Waals surface area contributed by atoms with Gasteiger partial charge in [-0.25, -0.2) is 4.90 Å². The van der Waals surface area contributed by atoms with Crippen LogP contribution < -0.4 is 19.8 Å². The highest BCUT2D eigenvalue weighted by molar-refractivity contribution is 8.00. The Morgan fingerprint density at radius 1 is 0.977 bits per heavy atom. The molecule has 0 spiro atoms. The van der Waals surface area contributed by atoms with E-state index in [9.17, 15) is 37.5 Å². The number of nitrogens with zero attached hydrogens (tertiary/aromatic N) is 2. The van der Waals surface area contributed by atoms with Gasteiger partial charge < -0.3 is 15.2 Å². The number of fused-ring (bicyclic) bond motifs is 2. The minimum absolute atomic E-state index is 0.00401. The predicted octanol–water partition coefficient (Wildman–Crippen LogP) is 5.08. The molecule has 3 heterocycles. The second-order valence-electron chi connectivity index (χ2n) is 10.1. The number of carbonyl (C=O) groups is 3. The lowest BCUT2D eigenvalue weighted by Gasteiger charge is -2.30. The number of carbonyl (C=O) groups excluding carboxylic acids is 3. The maximum Gasteiger partial charge on any atom is 0.418 e. The van der Waals surface area contributed by atoms with E-state index in [2.05, 4.69) is 5.32 Å². The number of anilines is 2. The third-order valence-corrected chi connectivity index (χ3v) is 10.0. The molecule has 0 unspecified atom stereocenters. The van der Waals surface area contributed by atoms with Gasteiger partial charge in [0.15, 0.2) is 0 Å². The van der Waals surface area contributed by atoms with Gasteiger partial charge in [0.25, 0.3) is 0 Å². The number of thioether (sulfide) groups is 1. The molecule has 0 bridgehead atoms. The van der Waals surface area contributed by atoms with E-state index in [0.717, 1.165) is 35.2 Å². The van der Waals surface area contributed by atoms with Gasteiger partial charge in [-0.3, -0.25) is 23.7 Å². The molecular formula is C30H22F3N3O6S2.